The maximum atomic E-state index is 11.5. The zero-order chi connectivity index (χ0) is 13.1. The Morgan fingerprint density at radius 3 is 2.59 bits per heavy atom. The first-order valence-corrected chi connectivity index (χ1v) is 5.79. The molecule has 5 nitrogen and oxygen atoms in total. The van der Waals surface area contributed by atoms with Crippen LogP contribution in [-0.2, 0) is 18.4 Å². The standard InChI is InChI=1S/C12H22N4O/c1-9-10(7-14-16(9)5)6-13-8-11(17)15-12(2,3)4/h7,13H,6,8H2,1-5H3,(H,15,17). The Labute approximate surface area is 103 Å². The van der Waals surface area contributed by atoms with E-state index in [2.05, 4.69) is 15.7 Å². The molecule has 0 bridgehead atoms. The minimum absolute atomic E-state index is 0.0130. The molecule has 0 aliphatic rings. The molecule has 2 N–H and O–H groups in total. The maximum absolute atomic E-state index is 11.5. The molecule has 0 aliphatic carbocycles. The molecular formula is C12H22N4O. The zero-order valence-corrected chi connectivity index (χ0v) is 11.3. The van der Waals surface area contributed by atoms with Crippen LogP contribution in [0.15, 0.2) is 6.20 Å². The topological polar surface area (TPSA) is 59.0 Å². The molecule has 0 fully saturated rings. The lowest BCUT2D eigenvalue weighted by Crippen LogP contribution is -2.44. The van der Waals surface area contributed by atoms with Crippen molar-refractivity contribution in [2.24, 2.45) is 7.05 Å². The predicted molar refractivity (Wildman–Crippen MR) is 67.5 cm³/mol. The number of carbonyl (C=O) groups is 1. The molecule has 1 rings (SSSR count). The van der Waals surface area contributed by atoms with E-state index in [-0.39, 0.29) is 11.4 Å². The number of amides is 1. The third kappa shape index (κ3) is 4.56. The monoisotopic (exact) mass is 238 g/mol. The lowest BCUT2D eigenvalue weighted by molar-refractivity contribution is -0.121. The van der Waals surface area contributed by atoms with Crippen LogP contribution in [0.25, 0.3) is 0 Å². The lowest BCUT2D eigenvalue weighted by Gasteiger charge is -2.20. The fourth-order valence-corrected chi connectivity index (χ4v) is 1.49. The Morgan fingerprint density at radius 1 is 1.47 bits per heavy atom. The van der Waals surface area contributed by atoms with E-state index in [1.54, 1.807) is 0 Å². The van der Waals surface area contributed by atoms with Gasteiger partial charge in [-0.3, -0.25) is 9.48 Å². The largest absolute Gasteiger partial charge is 0.350 e. The molecular weight excluding hydrogens is 216 g/mol. The van der Waals surface area contributed by atoms with Crippen molar-refractivity contribution in [3.63, 3.8) is 0 Å². The van der Waals surface area contributed by atoms with E-state index in [0.717, 1.165) is 11.3 Å². The highest BCUT2D eigenvalue weighted by atomic mass is 16.2. The van der Waals surface area contributed by atoms with Gasteiger partial charge in [0.05, 0.1) is 12.7 Å². The third-order valence-corrected chi connectivity index (χ3v) is 2.45. The Hall–Kier alpha value is -1.36. The number of nitrogens with zero attached hydrogens (tertiary/aromatic N) is 2. The SMILES string of the molecule is Cc1c(CNCC(=O)NC(C)(C)C)cnn1C. The van der Waals surface area contributed by atoms with Crippen LogP contribution in [0.2, 0.25) is 0 Å². The molecule has 0 saturated carbocycles. The van der Waals surface area contributed by atoms with Gasteiger partial charge in [0.25, 0.3) is 0 Å². The number of hydrogen-bond donors (Lipinski definition) is 2. The van der Waals surface area contributed by atoms with Gasteiger partial charge >= 0.3 is 0 Å². The molecule has 0 atom stereocenters. The summed E-state index contributed by atoms with van der Waals surface area (Å²) in [7, 11) is 1.91. The first-order valence-electron chi connectivity index (χ1n) is 5.79. The molecule has 1 amide bonds. The summed E-state index contributed by atoms with van der Waals surface area (Å²) in [6.45, 7) is 8.91. The molecule has 0 aromatic carbocycles. The average Bonchev–Trinajstić information content (AvgIpc) is 2.46. The van der Waals surface area contributed by atoms with E-state index in [4.69, 9.17) is 0 Å². The van der Waals surface area contributed by atoms with E-state index in [1.165, 1.54) is 0 Å². The van der Waals surface area contributed by atoms with Crippen LogP contribution in [0.1, 0.15) is 32.0 Å². The molecule has 1 aromatic heterocycles. The minimum Gasteiger partial charge on any atom is -0.350 e. The minimum atomic E-state index is -0.178. The summed E-state index contributed by atoms with van der Waals surface area (Å²) >= 11 is 0. The Balaban J connectivity index is 2.34. The predicted octanol–water partition coefficient (Wildman–Crippen LogP) is 0.733. The van der Waals surface area contributed by atoms with Gasteiger partial charge in [-0.15, -0.1) is 0 Å². The van der Waals surface area contributed by atoms with Crippen LogP contribution in [-0.4, -0.2) is 27.8 Å². The molecule has 0 aliphatic heterocycles. The molecule has 17 heavy (non-hydrogen) atoms. The maximum Gasteiger partial charge on any atom is 0.234 e. The van der Waals surface area contributed by atoms with E-state index in [9.17, 15) is 4.79 Å². The number of carbonyl (C=O) groups excluding carboxylic acids is 1. The van der Waals surface area contributed by atoms with Crippen LogP contribution in [0, 0.1) is 6.92 Å². The van der Waals surface area contributed by atoms with Gasteiger partial charge in [-0.25, -0.2) is 0 Å². The molecule has 1 aromatic rings. The summed E-state index contributed by atoms with van der Waals surface area (Å²) in [5, 5.41) is 10.2. The number of aromatic nitrogens is 2. The highest BCUT2D eigenvalue weighted by Crippen LogP contribution is 2.04. The molecule has 0 unspecified atom stereocenters. The van der Waals surface area contributed by atoms with Crippen LogP contribution in [0.3, 0.4) is 0 Å². The first-order chi connectivity index (χ1) is 7.79. The summed E-state index contributed by atoms with van der Waals surface area (Å²) in [6.07, 6.45) is 1.82. The van der Waals surface area contributed by atoms with Crippen molar-refractivity contribution >= 4 is 5.91 Å². The summed E-state index contributed by atoms with van der Waals surface area (Å²) in [5.41, 5.74) is 2.06. The number of aryl methyl sites for hydroxylation is 1. The van der Waals surface area contributed by atoms with Crippen molar-refractivity contribution in [2.45, 2.75) is 39.8 Å². The highest BCUT2D eigenvalue weighted by Gasteiger charge is 2.13. The van der Waals surface area contributed by atoms with E-state index in [1.807, 2.05) is 45.6 Å². The van der Waals surface area contributed by atoms with Gasteiger partial charge < -0.3 is 10.6 Å². The number of nitrogens with one attached hydrogen (secondary N) is 2. The van der Waals surface area contributed by atoms with Crippen LogP contribution >= 0.6 is 0 Å². The fraction of sp³-hybridized carbons (Fsp3) is 0.667. The van der Waals surface area contributed by atoms with Crippen molar-refractivity contribution < 1.29 is 4.79 Å². The Bertz CT molecular complexity index is 390. The van der Waals surface area contributed by atoms with Crippen molar-refractivity contribution in [3.05, 3.63) is 17.5 Å². The zero-order valence-electron chi connectivity index (χ0n) is 11.3. The molecule has 0 spiro atoms. The van der Waals surface area contributed by atoms with Crippen molar-refractivity contribution in [3.8, 4) is 0 Å². The van der Waals surface area contributed by atoms with Gasteiger partial charge in [-0.2, -0.15) is 5.10 Å². The molecule has 0 radical (unpaired) electrons. The van der Waals surface area contributed by atoms with Crippen LogP contribution in [0.5, 0.6) is 0 Å². The second kappa shape index (κ2) is 5.31. The van der Waals surface area contributed by atoms with Gasteiger partial charge in [0.2, 0.25) is 5.91 Å². The smallest absolute Gasteiger partial charge is 0.234 e. The first kappa shape index (κ1) is 13.7. The summed E-state index contributed by atoms with van der Waals surface area (Å²) in [4.78, 5) is 11.5. The number of hydrogen-bond acceptors (Lipinski definition) is 3. The second-order valence-electron chi connectivity index (χ2n) is 5.28. The average molecular weight is 238 g/mol. The normalized spacial score (nSPS) is 11.6. The summed E-state index contributed by atoms with van der Waals surface area (Å²) in [6, 6.07) is 0. The molecule has 0 saturated heterocycles. The van der Waals surface area contributed by atoms with Gasteiger partial charge in [-0.1, -0.05) is 0 Å². The van der Waals surface area contributed by atoms with Crippen molar-refractivity contribution in [2.75, 3.05) is 6.54 Å². The third-order valence-electron chi connectivity index (χ3n) is 2.45. The summed E-state index contributed by atoms with van der Waals surface area (Å²) < 4.78 is 1.83. The van der Waals surface area contributed by atoms with Crippen LogP contribution < -0.4 is 10.6 Å². The van der Waals surface area contributed by atoms with Gasteiger partial charge in [0, 0.05) is 30.4 Å². The summed E-state index contributed by atoms with van der Waals surface area (Å²) in [5.74, 6) is 0.0130. The van der Waals surface area contributed by atoms with Crippen molar-refractivity contribution in [1.82, 2.24) is 20.4 Å². The quantitative estimate of drug-likeness (QED) is 0.813. The fourth-order valence-electron chi connectivity index (χ4n) is 1.49. The molecule has 96 valence electrons. The Kier molecular flexibility index (Phi) is 4.28. The Morgan fingerprint density at radius 2 is 2.12 bits per heavy atom. The second-order valence-corrected chi connectivity index (χ2v) is 5.28. The highest BCUT2D eigenvalue weighted by molar-refractivity contribution is 5.78. The molecule has 1 heterocycles. The van der Waals surface area contributed by atoms with Crippen molar-refractivity contribution in [1.29, 1.82) is 0 Å². The van der Waals surface area contributed by atoms with Gasteiger partial charge in [-0.05, 0) is 27.7 Å². The van der Waals surface area contributed by atoms with E-state index < -0.39 is 0 Å². The number of rotatable bonds is 4. The van der Waals surface area contributed by atoms with E-state index in [0.29, 0.717) is 13.1 Å². The van der Waals surface area contributed by atoms with Gasteiger partial charge in [0.15, 0.2) is 0 Å². The lowest BCUT2D eigenvalue weighted by atomic mass is 10.1. The van der Waals surface area contributed by atoms with E-state index >= 15 is 0 Å². The van der Waals surface area contributed by atoms with Gasteiger partial charge in [0.1, 0.15) is 0 Å². The van der Waals surface area contributed by atoms with Crippen LogP contribution in [0.4, 0.5) is 0 Å². The molecule has 5 heteroatoms.